The van der Waals surface area contributed by atoms with Crippen molar-refractivity contribution in [3.63, 3.8) is 0 Å². The Morgan fingerprint density at radius 1 is 1.10 bits per heavy atom. The molecule has 0 spiro atoms. The largest absolute Gasteiger partial charge is 0.304 e. The van der Waals surface area contributed by atoms with Crippen LogP contribution in [0.2, 0.25) is 0 Å². The second-order valence-electron chi connectivity index (χ2n) is 7.16. The van der Waals surface area contributed by atoms with Gasteiger partial charge in [0.25, 0.3) is 0 Å². The molecule has 0 N–H and O–H groups in total. The van der Waals surface area contributed by atoms with Crippen molar-refractivity contribution in [3.05, 3.63) is 59.6 Å². The quantitative estimate of drug-likeness (QED) is 0.592. The van der Waals surface area contributed by atoms with E-state index in [0.717, 1.165) is 10.5 Å². The highest BCUT2D eigenvalue weighted by molar-refractivity contribution is 7.99. The third kappa shape index (κ3) is 4.36. The molecular formula is C23H29N3O2S2. The minimum atomic E-state index is -4.97. The lowest BCUT2D eigenvalue weighted by Gasteiger charge is -2.32. The van der Waals surface area contributed by atoms with Gasteiger partial charge in [0.15, 0.2) is 0 Å². The molecular weight excluding hydrogens is 414 g/mol. The van der Waals surface area contributed by atoms with Crippen LogP contribution in [0.25, 0.3) is 5.57 Å². The summed E-state index contributed by atoms with van der Waals surface area (Å²) >= 11 is 1.37. The van der Waals surface area contributed by atoms with Gasteiger partial charge in [-0.2, -0.15) is 0 Å². The minimum Gasteiger partial charge on any atom is -0.304 e. The van der Waals surface area contributed by atoms with Gasteiger partial charge in [-0.15, -0.1) is 0 Å². The molecule has 2 aromatic carbocycles. The van der Waals surface area contributed by atoms with E-state index in [2.05, 4.69) is 4.90 Å². The number of hydrogen-bond donors (Lipinski definition) is 0. The molecule has 0 bridgehead atoms. The SMILES string of the molecule is [2H]/C(CCN1CCN(C([2H])([2H])[2H])CC1)=C1\c2ccccc2Sc2ccc(S(=O)(=O)N(C([2H])([2H])[2H])C([2H])([2H])[2H])cc21. The first-order chi connectivity index (χ1) is 18.4. The molecule has 7 heteroatoms. The first kappa shape index (κ1) is 12.4. The van der Waals surface area contributed by atoms with E-state index in [4.69, 9.17) is 13.7 Å². The minimum absolute atomic E-state index is 0.227. The van der Waals surface area contributed by atoms with Crippen LogP contribution in [0.1, 0.15) is 31.3 Å². The van der Waals surface area contributed by atoms with Crippen LogP contribution in [0.3, 0.4) is 0 Å². The topological polar surface area (TPSA) is 43.9 Å². The van der Waals surface area contributed by atoms with Gasteiger partial charge in [-0.25, -0.2) is 12.7 Å². The van der Waals surface area contributed by atoms with Gasteiger partial charge in [-0.05, 0) is 54.4 Å². The van der Waals surface area contributed by atoms with Crippen molar-refractivity contribution in [1.29, 1.82) is 0 Å². The molecule has 2 aromatic rings. The van der Waals surface area contributed by atoms with Crippen molar-refractivity contribution < 1.29 is 22.1 Å². The lowest BCUT2D eigenvalue weighted by atomic mass is 9.96. The van der Waals surface area contributed by atoms with E-state index >= 15 is 0 Å². The zero-order chi connectivity index (χ0) is 29.7. The van der Waals surface area contributed by atoms with Crippen LogP contribution < -0.4 is 0 Å². The molecule has 5 nitrogen and oxygen atoms in total. The van der Waals surface area contributed by atoms with Crippen LogP contribution in [0.15, 0.2) is 63.2 Å². The summed E-state index contributed by atoms with van der Waals surface area (Å²) < 4.78 is 103. The van der Waals surface area contributed by atoms with Gasteiger partial charge in [0, 0.05) is 68.8 Å². The van der Waals surface area contributed by atoms with Crippen molar-refractivity contribution >= 4 is 27.4 Å². The summed E-state index contributed by atoms with van der Waals surface area (Å²) in [7, 11) is -4.97. The number of hydrogen-bond acceptors (Lipinski definition) is 5. The van der Waals surface area contributed by atoms with Crippen LogP contribution in [0, 0.1) is 0 Å². The molecule has 30 heavy (non-hydrogen) atoms. The Balaban J connectivity index is 1.71. The van der Waals surface area contributed by atoms with Crippen molar-refractivity contribution in [2.45, 2.75) is 21.1 Å². The summed E-state index contributed by atoms with van der Waals surface area (Å²) in [5.74, 6) is 0. The number of rotatable bonds is 5. The molecule has 2 aliphatic heterocycles. The standard InChI is InChI=1S/C23H29N3O2S2/c1-24(2)30(27,28)18-10-11-23-21(17-18)19(20-7-4-5-9-22(20)29-23)8-6-12-26-15-13-25(3)14-16-26/h4-5,7-11,17H,6,12-16H2,1-3H3/b19-8-/i1D3,2D3,3D3,8D. The Kier molecular flexibility index (Phi) is 3.66. The Morgan fingerprint density at radius 2 is 1.87 bits per heavy atom. The van der Waals surface area contributed by atoms with Gasteiger partial charge in [-0.1, -0.05) is 36.0 Å². The van der Waals surface area contributed by atoms with Gasteiger partial charge >= 0.3 is 0 Å². The fourth-order valence-corrected chi connectivity index (χ4v) is 5.37. The molecule has 0 saturated carbocycles. The fraction of sp³-hybridized carbons (Fsp3) is 0.391. The lowest BCUT2D eigenvalue weighted by molar-refractivity contribution is 0.156. The molecule has 160 valence electrons. The molecule has 0 radical (unpaired) electrons. The monoisotopic (exact) mass is 453 g/mol. The molecule has 0 aliphatic carbocycles. The Morgan fingerprint density at radius 3 is 2.63 bits per heavy atom. The molecule has 0 atom stereocenters. The van der Waals surface area contributed by atoms with Crippen LogP contribution in [-0.2, 0) is 10.0 Å². The molecule has 0 aromatic heterocycles. The third-order valence-electron chi connectivity index (χ3n) is 5.24. The van der Waals surface area contributed by atoms with E-state index in [1.807, 2.05) is 18.2 Å². The number of benzene rings is 2. The molecule has 2 heterocycles. The summed E-state index contributed by atoms with van der Waals surface area (Å²) in [6.07, 6.45) is 0.301. The molecule has 1 fully saturated rings. The smallest absolute Gasteiger partial charge is 0.242 e. The van der Waals surface area contributed by atoms with E-state index in [1.165, 1.54) is 34.9 Å². The van der Waals surface area contributed by atoms with E-state index in [-0.39, 0.29) is 6.05 Å². The Bertz CT molecular complexity index is 1380. The van der Waals surface area contributed by atoms with Gasteiger partial charge < -0.3 is 9.80 Å². The van der Waals surface area contributed by atoms with Crippen LogP contribution in [0.4, 0.5) is 0 Å². The van der Waals surface area contributed by atoms with Crippen molar-refractivity contribution in [3.8, 4) is 0 Å². The third-order valence-corrected chi connectivity index (χ3v) is 7.72. The Hall–Kier alpha value is -1.64. The van der Waals surface area contributed by atoms with Gasteiger partial charge in [0.05, 0.1) is 6.27 Å². The zero-order valence-corrected chi connectivity index (χ0v) is 17.9. The maximum absolute atomic E-state index is 13.3. The maximum atomic E-state index is 13.3. The zero-order valence-electron chi connectivity index (χ0n) is 26.3. The highest BCUT2D eigenvalue weighted by Gasteiger charge is 2.25. The predicted octanol–water partition coefficient (Wildman–Crippen LogP) is 3.47. The second-order valence-corrected chi connectivity index (χ2v) is 10.0. The summed E-state index contributed by atoms with van der Waals surface area (Å²) in [5.41, 5.74) is 1.60. The number of nitrogens with zero attached hydrogens (tertiary/aromatic N) is 3. The first-order valence-electron chi connectivity index (χ1n) is 14.5. The predicted molar refractivity (Wildman–Crippen MR) is 124 cm³/mol. The number of piperazine rings is 1. The number of fused-ring (bicyclic) bond motifs is 2. The van der Waals surface area contributed by atoms with Crippen molar-refractivity contribution in [2.75, 3.05) is 53.7 Å². The van der Waals surface area contributed by atoms with E-state index in [9.17, 15) is 8.42 Å². The normalized spacial score (nSPS) is 25.6. The fourth-order valence-electron chi connectivity index (χ4n) is 3.59. The van der Waals surface area contributed by atoms with Crippen LogP contribution in [0.5, 0.6) is 0 Å². The number of likely N-dealkylation sites (N-methyl/N-ethyl adjacent to an activating group) is 1. The average Bonchev–Trinajstić information content (AvgIpc) is 2.83. The average molecular weight is 454 g/mol. The Labute approximate surface area is 198 Å². The van der Waals surface area contributed by atoms with Crippen LogP contribution >= 0.6 is 11.8 Å². The van der Waals surface area contributed by atoms with Gasteiger partial charge in [0.1, 0.15) is 0 Å². The van der Waals surface area contributed by atoms with Crippen LogP contribution in [-0.4, -0.2) is 76.2 Å². The van der Waals surface area contributed by atoms with E-state index in [0.29, 0.717) is 55.2 Å². The highest BCUT2D eigenvalue weighted by atomic mass is 32.2. The molecule has 0 amide bonds. The summed E-state index contributed by atoms with van der Waals surface area (Å²) in [5, 5.41) is 0. The molecule has 1 saturated heterocycles. The molecule has 2 aliphatic rings. The van der Waals surface area contributed by atoms with Crippen molar-refractivity contribution in [1.82, 2.24) is 14.1 Å². The summed E-state index contributed by atoms with van der Waals surface area (Å²) in [6, 6.07) is 11.5. The number of sulfonamides is 1. The first-order valence-corrected chi connectivity index (χ1v) is 11.8. The summed E-state index contributed by atoms with van der Waals surface area (Å²) in [4.78, 5) is 4.54. The maximum Gasteiger partial charge on any atom is 0.242 e. The molecule has 4 rings (SSSR count). The summed E-state index contributed by atoms with van der Waals surface area (Å²) in [6.45, 7) is -6.70. The van der Waals surface area contributed by atoms with Gasteiger partial charge in [-0.3, -0.25) is 0 Å². The molecule has 0 unspecified atom stereocenters. The van der Waals surface area contributed by atoms with E-state index < -0.39 is 40.2 Å². The second kappa shape index (κ2) is 8.85. The van der Waals surface area contributed by atoms with E-state index in [1.54, 1.807) is 6.07 Å². The lowest BCUT2D eigenvalue weighted by Crippen LogP contribution is -2.44. The van der Waals surface area contributed by atoms with Gasteiger partial charge in [0.2, 0.25) is 10.0 Å². The highest BCUT2D eigenvalue weighted by Crippen LogP contribution is 2.46. The van der Waals surface area contributed by atoms with Crippen molar-refractivity contribution in [2.24, 2.45) is 0 Å².